The molecule has 0 spiro atoms. The molecule has 1 aromatic carbocycles. The molecular weight excluding hydrogens is 334 g/mol. The number of benzene rings is 1. The molecule has 0 N–H and O–H groups in total. The molecule has 25 heavy (non-hydrogen) atoms. The maximum Gasteiger partial charge on any atom is 0.233 e. The number of carbonyl (C=O) groups excluding carboxylic acids is 1. The lowest BCUT2D eigenvalue weighted by Gasteiger charge is -2.34. The number of rotatable bonds is 5. The van der Waals surface area contributed by atoms with Gasteiger partial charge in [0.05, 0.1) is 5.75 Å². The zero-order chi connectivity index (χ0) is 17.1. The number of thioether (sulfide) groups is 1. The van der Waals surface area contributed by atoms with Crippen LogP contribution in [0.25, 0.3) is 0 Å². The molecule has 0 bridgehead atoms. The molecule has 1 aromatic rings. The molecule has 1 heterocycles. The Kier molecular flexibility index (Phi) is 5.39. The summed E-state index contributed by atoms with van der Waals surface area (Å²) >= 11 is 1.62. The molecule has 2 fully saturated rings. The highest BCUT2D eigenvalue weighted by atomic mass is 32.2. The van der Waals surface area contributed by atoms with Gasteiger partial charge in [-0.15, -0.1) is 11.8 Å². The molecule has 3 aliphatic rings. The van der Waals surface area contributed by atoms with Gasteiger partial charge in [0.2, 0.25) is 5.91 Å². The first-order valence-corrected chi connectivity index (χ1v) is 10.6. The molecule has 0 aromatic heterocycles. The summed E-state index contributed by atoms with van der Waals surface area (Å²) < 4.78 is 11.2. The first kappa shape index (κ1) is 17.1. The summed E-state index contributed by atoms with van der Waals surface area (Å²) in [6.45, 7) is 1.20. The van der Waals surface area contributed by atoms with Crippen LogP contribution in [0.2, 0.25) is 0 Å². The largest absolute Gasteiger partial charge is 0.486 e. The first-order chi connectivity index (χ1) is 12.3. The van der Waals surface area contributed by atoms with Crippen LogP contribution >= 0.6 is 11.8 Å². The number of nitrogens with zero attached hydrogens (tertiary/aromatic N) is 1. The van der Waals surface area contributed by atoms with Gasteiger partial charge in [-0.1, -0.05) is 25.7 Å². The van der Waals surface area contributed by atoms with Crippen molar-refractivity contribution in [3.8, 4) is 11.5 Å². The molecule has 0 saturated heterocycles. The van der Waals surface area contributed by atoms with Crippen LogP contribution in [0.1, 0.15) is 51.4 Å². The maximum absolute atomic E-state index is 13.0. The quantitative estimate of drug-likeness (QED) is 0.735. The van der Waals surface area contributed by atoms with E-state index >= 15 is 0 Å². The summed E-state index contributed by atoms with van der Waals surface area (Å²) in [5.41, 5.74) is 0. The molecule has 4 nitrogen and oxygen atoms in total. The minimum atomic E-state index is 0.318. The topological polar surface area (TPSA) is 38.8 Å². The van der Waals surface area contributed by atoms with Gasteiger partial charge in [-0.05, 0) is 43.9 Å². The highest BCUT2D eigenvalue weighted by Crippen LogP contribution is 2.36. The van der Waals surface area contributed by atoms with Crippen molar-refractivity contribution in [1.29, 1.82) is 0 Å². The van der Waals surface area contributed by atoms with E-state index in [2.05, 4.69) is 4.90 Å². The fourth-order valence-electron chi connectivity index (χ4n) is 4.40. The third-order valence-corrected chi connectivity index (χ3v) is 6.58. The average Bonchev–Trinajstić information content (AvgIpc) is 3.35. The van der Waals surface area contributed by atoms with Crippen LogP contribution in [-0.4, -0.2) is 41.9 Å². The van der Waals surface area contributed by atoms with E-state index in [1.54, 1.807) is 11.8 Å². The zero-order valence-electron chi connectivity index (χ0n) is 14.7. The Hall–Kier alpha value is -1.36. The molecule has 2 saturated carbocycles. The van der Waals surface area contributed by atoms with Crippen LogP contribution in [0.3, 0.4) is 0 Å². The third kappa shape index (κ3) is 3.91. The third-order valence-electron chi connectivity index (χ3n) is 5.60. The highest BCUT2D eigenvalue weighted by Gasteiger charge is 2.33. The second kappa shape index (κ2) is 7.90. The van der Waals surface area contributed by atoms with Crippen molar-refractivity contribution in [1.82, 2.24) is 4.90 Å². The lowest BCUT2D eigenvalue weighted by molar-refractivity contribution is -0.133. The molecule has 5 heteroatoms. The van der Waals surface area contributed by atoms with Crippen molar-refractivity contribution in [2.24, 2.45) is 0 Å². The summed E-state index contributed by atoms with van der Waals surface area (Å²) in [5, 5.41) is 0. The van der Waals surface area contributed by atoms with E-state index in [1.807, 2.05) is 18.2 Å². The standard InChI is InChI=1S/C20H27NO3S/c22-20(21(15-5-1-2-6-15)16-7-3-4-8-16)14-25-17-9-10-18-19(13-17)24-12-11-23-18/h9-10,13,15-16H,1-8,11-12,14H2. The van der Waals surface area contributed by atoms with Gasteiger partial charge in [0.25, 0.3) is 0 Å². The van der Waals surface area contributed by atoms with E-state index in [0.29, 0.717) is 37.0 Å². The van der Waals surface area contributed by atoms with Gasteiger partial charge in [0.1, 0.15) is 13.2 Å². The number of carbonyl (C=O) groups is 1. The highest BCUT2D eigenvalue weighted by molar-refractivity contribution is 8.00. The lowest BCUT2D eigenvalue weighted by atomic mass is 10.1. The van der Waals surface area contributed by atoms with Gasteiger partial charge in [0, 0.05) is 17.0 Å². The van der Waals surface area contributed by atoms with Crippen LogP contribution < -0.4 is 9.47 Å². The smallest absolute Gasteiger partial charge is 0.233 e. The van der Waals surface area contributed by atoms with Gasteiger partial charge in [-0.2, -0.15) is 0 Å². The van der Waals surface area contributed by atoms with Crippen LogP contribution in [0.5, 0.6) is 11.5 Å². The number of hydrogen-bond donors (Lipinski definition) is 0. The van der Waals surface area contributed by atoms with Crippen molar-refractivity contribution >= 4 is 17.7 Å². The van der Waals surface area contributed by atoms with E-state index in [0.717, 1.165) is 16.4 Å². The fourth-order valence-corrected chi connectivity index (χ4v) is 5.20. The zero-order valence-corrected chi connectivity index (χ0v) is 15.6. The van der Waals surface area contributed by atoms with E-state index in [1.165, 1.54) is 51.4 Å². The fraction of sp³-hybridized carbons (Fsp3) is 0.650. The Morgan fingerprint density at radius 3 is 2.20 bits per heavy atom. The van der Waals surface area contributed by atoms with Crippen molar-refractivity contribution in [2.75, 3.05) is 19.0 Å². The molecule has 1 amide bonds. The van der Waals surface area contributed by atoms with E-state index < -0.39 is 0 Å². The minimum absolute atomic E-state index is 0.318. The summed E-state index contributed by atoms with van der Waals surface area (Å²) in [4.78, 5) is 16.4. The Bertz CT molecular complexity index is 593. The summed E-state index contributed by atoms with van der Waals surface area (Å²) in [6, 6.07) is 6.95. The van der Waals surface area contributed by atoms with Crippen molar-refractivity contribution in [3.63, 3.8) is 0 Å². The Labute approximate surface area is 154 Å². The van der Waals surface area contributed by atoms with Crippen molar-refractivity contribution < 1.29 is 14.3 Å². The number of fused-ring (bicyclic) bond motifs is 1. The van der Waals surface area contributed by atoms with E-state index in [9.17, 15) is 4.79 Å². The predicted octanol–water partition coefficient (Wildman–Crippen LogP) is 4.26. The Morgan fingerprint density at radius 1 is 0.960 bits per heavy atom. The molecule has 0 radical (unpaired) electrons. The van der Waals surface area contributed by atoms with E-state index in [4.69, 9.17) is 9.47 Å². The van der Waals surface area contributed by atoms with Crippen LogP contribution in [0, 0.1) is 0 Å². The number of ether oxygens (including phenoxy) is 2. The van der Waals surface area contributed by atoms with Crippen LogP contribution in [-0.2, 0) is 4.79 Å². The molecule has 0 atom stereocenters. The van der Waals surface area contributed by atoms with Crippen molar-refractivity contribution in [2.45, 2.75) is 68.3 Å². The van der Waals surface area contributed by atoms with Gasteiger partial charge < -0.3 is 14.4 Å². The molecule has 1 aliphatic heterocycles. The van der Waals surface area contributed by atoms with Gasteiger partial charge >= 0.3 is 0 Å². The maximum atomic E-state index is 13.0. The van der Waals surface area contributed by atoms with Crippen molar-refractivity contribution in [3.05, 3.63) is 18.2 Å². The summed E-state index contributed by atoms with van der Waals surface area (Å²) in [6.07, 6.45) is 9.86. The second-order valence-corrected chi connectivity index (χ2v) is 8.32. The molecule has 136 valence electrons. The lowest BCUT2D eigenvalue weighted by Crippen LogP contribution is -2.46. The number of amides is 1. The monoisotopic (exact) mass is 361 g/mol. The minimum Gasteiger partial charge on any atom is -0.486 e. The molecule has 2 aliphatic carbocycles. The Morgan fingerprint density at radius 2 is 1.56 bits per heavy atom. The first-order valence-electron chi connectivity index (χ1n) is 9.65. The van der Waals surface area contributed by atoms with Crippen LogP contribution in [0.4, 0.5) is 0 Å². The number of hydrogen-bond acceptors (Lipinski definition) is 4. The predicted molar refractivity (Wildman–Crippen MR) is 99.5 cm³/mol. The Balaban J connectivity index is 1.40. The molecule has 4 rings (SSSR count). The molecular formula is C20H27NO3S. The van der Waals surface area contributed by atoms with Crippen LogP contribution in [0.15, 0.2) is 23.1 Å². The average molecular weight is 362 g/mol. The normalized spacial score (nSPS) is 20.8. The summed E-state index contributed by atoms with van der Waals surface area (Å²) in [5.74, 6) is 2.44. The van der Waals surface area contributed by atoms with Gasteiger partial charge in [-0.3, -0.25) is 4.79 Å². The van der Waals surface area contributed by atoms with E-state index in [-0.39, 0.29) is 0 Å². The van der Waals surface area contributed by atoms with Gasteiger partial charge in [0.15, 0.2) is 11.5 Å². The SMILES string of the molecule is O=C(CSc1ccc2c(c1)OCCO2)N(C1CCCC1)C1CCCC1. The summed E-state index contributed by atoms with van der Waals surface area (Å²) in [7, 11) is 0. The van der Waals surface area contributed by atoms with Gasteiger partial charge in [-0.25, -0.2) is 0 Å². The molecule has 0 unspecified atom stereocenters. The second-order valence-electron chi connectivity index (χ2n) is 7.27.